The van der Waals surface area contributed by atoms with Crippen LogP contribution in [0.25, 0.3) is 22.2 Å². The van der Waals surface area contributed by atoms with Gasteiger partial charge in [0.1, 0.15) is 5.75 Å². The molecule has 1 aliphatic rings. The van der Waals surface area contributed by atoms with E-state index in [2.05, 4.69) is 46.6 Å². The second-order valence-electron chi connectivity index (χ2n) is 7.24. The molecule has 1 saturated heterocycles. The number of hydrogen-bond acceptors (Lipinski definition) is 5. The van der Waals surface area contributed by atoms with Crippen molar-refractivity contribution in [3.8, 4) is 17.1 Å². The maximum absolute atomic E-state index is 5.89. The van der Waals surface area contributed by atoms with Gasteiger partial charge in [0.15, 0.2) is 0 Å². The van der Waals surface area contributed by atoms with Gasteiger partial charge in [0.05, 0.1) is 12.6 Å². The molecule has 0 unspecified atom stereocenters. The molecular weight excluding hydrogens is 374 g/mol. The van der Waals surface area contributed by atoms with Crippen molar-refractivity contribution < 1.29 is 9.26 Å². The van der Waals surface area contributed by atoms with E-state index >= 15 is 0 Å². The SMILES string of the molecule is CCCCCCOc1ccc2cc(-c3noc([C@@H]4CCCN4)n3)ccc2c1.Cl. The van der Waals surface area contributed by atoms with Gasteiger partial charge < -0.3 is 14.6 Å². The fraction of sp³-hybridized carbons (Fsp3) is 0.455. The first-order valence-corrected chi connectivity index (χ1v) is 10.1. The van der Waals surface area contributed by atoms with Crippen LogP contribution in [0.5, 0.6) is 5.75 Å². The van der Waals surface area contributed by atoms with Crippen LogP contribution in [0.1, 0.15) is 57.4 Å². The van der Waals surface area contributed by atoms with Gasteiger partial charge >= 0.3 is 0 Å². The highest BCUT2D eigenvalue weighted by molar-refractivity contribution is 5.87. The molecule has 0 radical (unpaired) electrons. The third kappa shape index (κ3) is 4.83. The fourth-order valence-corrected chi connectivity index (χ4v) is 3.56. The maximum atomic E-state index is 5.89. The summed E-state index contributed by atoms with van der Waals surface area (Å²) in [5, 5.41) is 9.87. The first-order valence-electron chi connectivity index (χ1n) is 10.1. The summed E-state index contributed by atoms with van der Waals surface area (Å²) in [6.07, 6.45) is 7.08. The topological polar surface area (TPSA) is 60.2 Å². The van der Waals surface area contributed by atoms with E-state index in [9.17, 15) is 0 Å². The van der Waals surface area contributed by atoms with E-state index in [0.717, 1.165) is 54.5 Å². The van der Waals surface area contributed by atoms with Crippen molar-refractivity contribution >= 4 is 23.2 Å². The molecule has 150 valence electrons. The van der Waals surface area contributed by atoms with Crippen LogP contribution < -0.4 is 10.1 Å². The first kappa shape index (κ1) is 20.6. The van der Waals surface area contributed by atoms with E-state index in [1.165, 1.54) is 19.3 Å². The zero-order chi connectivity index (χ0) is 18.5. The average Bonchev–Trinajstić information content (AvgIpc) is 3.39. The predicted octanol–water partition coefficient (Wildman–Crippen LogP) is 5.70. The zero-order valence-corrected chi connectivity index (χ0v) is 17.1. The molecule has 1 aliphatic heterocycles. The summed E-state index contributed by atoms with van der Waals surface area (Å²) < 4.78 is 11.4. The Balaban J connectivity index is 0.00000225. The molecule has 0 spiro atoms. The van der Waals surface area contributed by atoms with Crippen molar-refractivity contribution in [2.24, 2.45) is 0 Å². The summed E-state index contributed by atoms with van der Waals surface area (Å²) in [5.74, 6) is 2.27. The lowest BCUT2D eigenvalue weighted by Gasteiger charge is -2.08. The van der Waals surface area contributed by atoms with Crippen LogP contribution in [-0.2, 0) is 0 Å². The number of nitrogens with zero attached hydrogens (tertiary/aromatic N) is 2. The lowest BCUT2D eigenvalue weighted by molar-refractivity contribution is 0.305. The number of fused-ring (bicyclic) bond motifs is 1. The second kappa shape index (κ2) is 9.89. The molecule has 1 fully saturated rings. The number of ether oxygens (including phenoxy) is 1. The predicted molar refractivity (Wildman–Crippen MR) is 114 cm³/mol. The van der Waals surface area contributed by atoms with E-state index in [0.29, 0.717) is 11.7 Å². The molecule has 0 saturated carbocycles. The lowest BCUT2D eigenvalue weighted by atomic mass is 10.1. The zero-order valence-electron chi connectivity index (χ0n) is 16.3. The second-order valence-corrected chi connectivity index (χ2v) is 7.24. The van der Waals surface area contributed by atoms with E-state index in [-0.39, 0.29) is 18.4 Å². The highest BCUT2D eigenvalue weighted by Crippen LogP contribution is 2.28. The van der Waals surface area contributed by atoms with Crippen LogP contribution in [0.15, 0.2) is 40.9 Å². The Morgan fingerprint density at radius 1 is 1.11 bits per heavy atom. The van der Waals surface area contributed by atoms with Crippen LogP contribution in [0, 0.1) is 0 Å². The minimum Gasteiger partial charge on any atom is -0.494 e. The van der Waals surface area contributed by atoms with Crippen molar-refractivity contribution in [2.45, 2.75) is 51.5 Å². The van der Waals surface area contributed by atoms with Crippen LogP contribution >= 0.6 is 12.4 Å². The Labute approximate surface area is 172 Å². The summed E-state index contributed by atoms with van der Waals surface area (Å²) in [7, 11) is 0. The number of aromatic nitrogens is 2. The van der Waals surface area contributed by atoms with E-state index in [1.807, 2.05) is 12.1 Å². The number of benzene rings is 2. The number of rotatable bonds is 8. The van der Waals surface area contributed by atoms with Gasteiger partial charge in [-0.2, -0.15) is 4.98 Å². The standard InChI is InChI=1S/C22H27N3O2.ClH/c1-2-3-4-5-13-26-19-11-10-16-14-18(9-8-17(16)15-19)21-24-22(27-25-21)20-7-6-12-23-20;/h8-11,14-15,20,23H,2-7,12-13H2,1H3;1H/t20-;/m0./s1. The van der Waals surface area contributed by atoms with Gasteiger partial charge in [0.2, 0.25) is 11.7 Å². The van der Waals surface area contributed by atoms with E-state index in [1.54, 1.807) is 0 Å². The number of hydrogen-bond donors (Lipinski definition) is 1. The maximum Gasteiger partial charge on any atom is 0.244 e. The van der Waals surface area contributed by atoms with Crippen LogP contribution in [0.3, 0.4) is 0 Å². The minimum atomic E-state index is 0. The summed E-state index contributed by atoms with van der Waals surface area (Å²) in [5.41, 5.74) is 0.976. The van der Waals surface area contributed by atoms with Crippen molar-refractivity contribution in [1.82, 2.24) is 15.5 Å². The average molecular weight is 402 g/mol. The Kier molecular flexibility index (Phi) is 7.29. The summed E-state index contributed by atoms with van der Waals surface area (Å²) in [6, 6.07) is 12.7. The van der Waals surface area contributed by atoms with Gasteiger partial charge in [-0.1, -0.05) is 49.5 Å². The van der Waals surface area contributed by atoms with E-state index < -0.39 is 0 Å². The van der Waals surface area contributed by atoms with Gasteiger partial charge in [-0.25, -0.2) is 0 Å². The summed E-state index contributed by atoms with van der Waals surface area (Å²) in [4.78, 5) is 4.59. The summed E-state index contributed by atoms with van der Waals surface area (Å²) in [6.45, 7) is 4.02. The van der Waals surface area contributed by atoms with Gasteiger partial charge in [-0.15, -0.1) is 12.4 Å². The molecule has 28 heavy (non-hydrogen) atoms. The Morgan fingerprint density at radius 2 is 1.96 bits per heavy atom. The minimum absolute atomic E-state index is 0. The van der Waals surface area contributed by atoms with Crippen LogP contribution in [0.4, 0.5) is 0 Å². The monoisotopic (exact) mass is 401 g/mol. The van der Waals surface area contributed by atoms with E-state index in [4.69, 9.17) is 9.26 Å². The van der Waals surface area contributed by atoms with Gasteiger partial charge in [-0.05, 0) is 54.8 Å². The molecular formula is C22H28ClN3O2. The van der Waals surface area contributed by atoms with Gasteiger partial charge in [0, 0.05) is 5.56 Å². The Morgan fingerprint density at radius 3 is 2.79 bits per heavy atom. The van der Waals surface area contributed by atoms with Crippen molar-refractivity contribution in [3.63, 3.8) is 0 Å². The van der Waals surface area contributed by atoms with Crippen LogP contribution in [-0.4, -0.2) is 23.3 Å². The molecule has 1 N–H and O–H groups in total. The largest absolute Gasteiger partial charge is 0.494 e. The highest BCUT2D eigenvalue weighted by atomic mass is 35.5. The quantitative estimate of drug-likeness (QED) is 0.491. The smallest absolute Gasteiger partial charge is 0.244 e. The fourth-order valence-electron chi connectivity index (χ4n) is 3.56. The van der Waals surface area contributed by atoms with Crippen molar-refractivity contribution in [3.05, 3.63) is 42.3 Å². The third-order valence-corrected chi connectivity index (χ3v) is 5.14. The molecule has 0 amide bonds. The van der Waals surface area contributed by atoms with Gasteiger partial charge in [0.25, 0.3) is 0 Å². The number of halogens is 1. The van der Waals surface area contributed by atoms with Crippen LogP contribution in [0.2, 0.25) is 0 Å². The first-order chi connectivity index (χ1) is 13.3. The number of unbranched alkanes of at least 4 members (excludes halogenated alkanes) is 3. The molecule has 4 rings (SSSR count). The van der Waals surface area contributed by atoms with Gasteiger partial charge in [-0.3, -0.25) is 0 Å². The van der Waals surface area contributed by atoms with Crippen molar-refractivity contribution in [1.29, 1.82) is 0 Å². The Bertz CT molecular complexity index is 890. The molecule has 5 nitrogen and oxygen atoms in total. The highest BCUT2D eigenvalue weighted by Gasteiger charge is 2.22. The Hall–Kier alpha value is -2.11. The normalized spacial score (nSPS) is 16.2. The molecule has 1 atom stereocenters. The molecule has 0 aliphatic carbocycles. The molecule has 2 aromatic carbocycles. The van der Waals surface area contributed by atoms with Crippen molar-refractivity contribution in [2.75, 3.05) is 13.2 Å². The molecule has 3 aromatic rings. The molecule has 0 bridgehead atoms. The number of nitrogens with one attached hydrogen (secondary N) is 1. The molecule has 2 heterocycles. The lowest BCUT2D eigenvalue weighted by Crippen LogP contribution is -2.12. The molecule has 6 heteroatoms. The summed E-state index contributed by atoms with van der Waals surface area (Å²) >= 11 is 0. The molecule has 1 aromatic heterocycles. The third-order valence-electron chi connectivity index (χ3n) is 5.14.